The van der Waals surface area contributed by atoms with Gasteiger partial charge in [0.25, 0.3) is 0 Å². The second-order valence-electron chi connectivity index (χ2n) is 4.36. The van der Waals surface area contributed by atoms with E-state index in [1.165, 1.54) is 19.1 Å². The third kappa shape index (κ3) is 2.29. The number of aryl methyl sites for hydroxylation is 1. The van der Waals surface area contributed by atoms with Crippen molar-refractivity contribution < 1.29 is 22.7 Å². The zero-order valence-corrected chi connectivity index (χ0v) is 10.5. The van der Waals surface area contributed by atoms with Gasteiger partial charge in [0.05, 0.1) is 5.56 Å². The molecule has 0 aliphatic rings. The number of allylic oxidation sites excluding steroid dienone is 1. The van der Waals surface area contributed by atoms with Gasteiger partial charge in [-0.25, -0.2) is 4.79 Å². The molecule has 0 aliphatic carbocycles. The number of benzene rings is 1. The molecule has 0 bridgehead atoms. The first-order valence-corrected chi connectivity index (χ1v) is 5.73. The Hall–Kier alpha value is -2.24. The summed E-state index contributed by atoms with van der Waals surface area (Å²) < 4.78 is 43.8. The number of fused-ring (bicyclic) bond motifs is 1. The van der Waals surface area contributed by atoms with Gasteiger partial charge in [0.2, 0.25) is 0 Å². The molecule has 20 heavy (non-hydrogen) atoms. The lowest BCUT2D eigenvalue weighted by atomic mass is 10.00. The van der Waals surface area contributed by atoms with E-state index in [1.54, 1.807) is 0 Å². The summed E-state index contributed by atoms with van der Waals surface area (Å²) in [6.07, 6.45) is -3.01. The van der Waals surface area contributed by atoms with Gasteiger partial charge in [-0.1, -0.05) is 6.08 Å². The normalized spacial score (nSPS) is 11.8. The van der Waals surface area contributed by atoms with Gasteiger partial charge < -0.3 is 9.52 Å². The largest absolute Gasteiger partial charge is 0.507 e. The third-order valence-corrected chi connectivity index (χ3v) is 2.99. The fourth-order valence-corrected chi connectivity index (χ4v) is 2.06. The van der Waals surface area contributed by atoms with Crippen LogP contribution in [0.25, 0.3) is 11.0 Å². The molecule has 2 rings (SSSR count). The smallest absolute Gasteiger partial charge is 0.417 e. The van der Waals surface area contributed by atoms with Gasteiger partial charge in [-0.2, -0.15) is 13.2 Å². The first-order chi connectivity index (χ1) is 9.25. The van der Waals surface area contributed by atoms with Gasteiger partial charge >= 0.3 is 11.8 Å². The van der Waals surface area contributed by atoms with Crippen molar-refractivity contribution in [3.63, 3.8) is 0 Å². The number of hydrogen-bond acceptors (Lipinski definition) is 3. The average molecular weight is 284 g/mol. The molecule has 6 heteroatoms. The van der Waals surface area contributed by atoms with Gasteiger partial charge in [-0.15, -0.1) is 6.58 Å². The summed E-state index contributed by atoms with van der Waals surface area (Å²) >= 11 is 0. The van der Waals surface area contributed by atoms with Crippen LogP contribution in [0.2, 0.25) is 0 Å². The summed E-state index contributed by atoms with van der Waals surface area (Å²) in [5, 5.41) is 9.67. The van der Waals surface area contributed by atoms with Crippen LogP contribution < -0.4 is 5.63 Å². The van der Waals surface area contributed by atoms with Crippen LogP contribution in [0.5, 0.6) is 5.75 Å². The lowest BCUT2D eigenvalue weighted by Gasteiger charge is -2.13. The number of phenols is 1. The van der Waals surface area contributed by atoms with Crippen LogP contribution in [0, 0.1) is 6.92 Å². The SMILES string of the molecule is C=CCc1cc2c(C(F)(F)F)cc(=O)oc2c(C)c1O. The van der Waals surface area contributed by atoms with Gasteiger partial charge in [-0.3, -0.25) is 0 Å². The molecule has 1 aromatic heterocycles. The van der Waals surface area contributed by atoms with E-state index in [1.807, 2.05) is 0 Å². The number of halogens is 3. The number of alkyl halides is 3. The van der Waals surface area contributed by atoms with E-state index in [0.717, 1.165) is 0 Å². The van der Waals surface area contributed by atoms with Crippen molar-refractivity contribution in [1.29, 1.82) is 0 Å². The fourth-order valence-electron chi connectivity index (χ4n) is 2.06. The van der Waals surface area contributed by atoms with E-state index < -0.39 is 17.4 Å². The topological polar surface area (TPSA) is 50.4 Å². The van der Waals surface area contributed by atoms with Gasteiger partial charge in [0, 0.05) is 17.0 Å². The highest BCUT2D eigenvalue weighted by atomic mass is 19.4. The van der Waals surface area contributed by atoms with Crippen molar-refractivity contribution in [3.8, 4) is 5.75 Å². The molecule has 0 atom stereocenters. The lowest BCUT2D eigenvalue weighted by molar-refractivity contribution is -0.136. The van der Waals surface area contributed by atoms with Crippen LogP contribution in [-0.4, -0.2) is 5.11 Å². The fraction of sp³-hybridized carbons (Fsp3) is 0.214. The van der Waals surface area contributed by atoms with Crippen molar-refractivity contribution in [2.45, 2.75) is 19.5 Å². The molecule has 1 N–H and O–H groups in total. The van der Waals surface area contributed by atoms with Crippen molar-refractivity contribution in [3.05, 3.63) is 51.9 Å². The second-order valence-corrected chi connectivity index (χ2v) is 4.36. The molecule has 1 heterocycles. The molecule has 1 aromatic carbocycles. The summed E-state index contributed by atoms with van der Waals surface area (Å²) in [4.78, 5) is 11.3. The quantitative estimate of drug-likeness (QED) is 0.677. The minimum Gasteiger partial charge on any atom is -0.507 e. The Kier molecular flexibility index (Phi) is 3.33. The molecule has 0 amide bonds. The zero-order valence-electron chi connectivity index (χ0n) is 10.5. The molecule has 0 fully saturated rings. The van der Waals surface area contributed by atoms with Crippen molar-refractivity contribution in [1.82, 2.24) is 0 Å². The Morgan fingerprint density at radius 1 is 1.40 bits per heavy atom. The number of rotatable bonds is 2. The average Bonchev–Trinajstić information content (AvgIpc) is 2.35. The summed E-state index contributed by atoms with van der Waals surface area (Å²) in [5.74, 6) is -0.195. The summed E-state index contributed by atoms with van der Waals surface area (Å²) in [6, 6.07) is 1.58. The van der Waals surface area contributed by atoms with E-state index in [0.29, 0.717) is 11.6 Å². The Morgan fingerprint density at radius 2 is 2.05 bits per heavy atom. The van der Waals surface area contributed by atoms with E-state index in [4.69, 9.17) is 4.42 Å². The maximum absolute atomic E-state index is 13.0. The minimum atomic E-state index is -4.68. The molecule has 106 valence electrons. The molecule has 0 saturated heterocycles. The van der Waals surface area contributed by atoms with Crippen LogP contribution in [0.3, 0.4) is 0 Å². The van der Waals surface area contributed by atoms with Crippen LogP contribution in [0.4, 0.5) is 13.2 Å². The molecular weight excluding hydrogens is 273 g/mol. The van der Waals surface area contributed by atoms with Crippen molar-refractivity contribution >= 4 is 11.0 Å². The summed E-state index contributed by atoms with van der Waals surface area (Å²) in [5.41, 5.74) is -2.04. The predicted octanol–water partition coefficient (Wildman–Crippen LogP) is 3.55. The van der Waals surface area contributed by atoms with Gasteiger partial charge in [0.15, 0.2) is 0 Å². The highest BCUT2D eigenvalue weighted by molar-refractivity contribution is 5.86. The Balaban J connectivity index is 2.95. The summed E-state index contributed by atoms with van der Waals surface area (Å²) in [7, 11) is 0. The van der Waals surface area contributed by atoms with Crippen LogP contribution in [0.1, 0.15) is 16.7 Å². The Morgan fingerprint density at radius 3 is 2.60 bits per heavy atom. The third-order valence-electron chi connectivity index (χ3n) is 2.99. The number of hydrogen-bond donors (Lipinski definition) is 1. The van der Waals surface area contributed by atoms with Gasteiger partial charge in [-0.05, 0) is 25.0 Å². The highest BCUT2D eigenvalue weighted by Crippen LogP contribution is 2.38. The van der Waals surface area contributed by atoms with Crippen molar-refractivity contribution in [2.75, 3.05) is 0 Å². The lowest BCUT2D eigenvalue weighted by Crippen LogP contribution is -2.11. The van der Waals surface area contributed by atoms with Crippen molar-refractivity contribution in [2.24, 2.45) is 0 Å². The number of phenolic OH excluding ortho intramolecular Hbond substituents is 1. The molecule has 3 nitrogen and oxygen atoms in total. The van der Waals surface area contributed by atoms with E-state index in [2.05, 4.69) is 6.58 Å². The number of aromatic hydroxyl groups is 1. The molecular formula is C14H11F3O3. The molecule has 2 aromatic rings. The Bertz CT molecular complexity index is 742. The van der Waals surface area contributed by atoms with E-state index >= 15 is 0 Å². The maximum Gasteiger partial charge on any atom is 0.417 e. The summed E-state index contributed by atoms with van der Waals surface area (Å²) in [6.45, 7) is 4.88. The maximum atomic E-state index is 13.0. The van der Waals surface area contributed by atoms with Crippen LogP contribution in [-0.2, 0) is 12.6 Å². The van der Waals surface area contributed by atoms with Crippen LogP contribution in [0.15, 0.2) is 34.0 Å². The van der Waals surface area contributed by atoms with Crippen LogP contribution >= 0.6 is 0 Å². The molecule has 0 aliphatic heterocycles. The highest BCUT2D eigenvalue weighted by Gasteiger charge is 2.34. The monoisotopic (exact) mass is 284 g/mol. The minimum absolute atomic E-state index is 0.0996. The zero-order chi connectivity index (χ0) is 15.1. The molecule has 0 spiro atoms. The first kappa shape index (κ1) is 14.2. The second kappa shape index (κ2) is 4.70. The first-order valence-electron chi connectivity index (χ1n) is 5.73. The Labute approximate surface area is 112 Å². The molecule has 0 unspecified atom stereocenters. The standard InChI is InChI=1S/C14H11F3O3/c1-3-4-8-5-9-10(14(15,16)17)6-11(18)20-13(9)7(2)12(8)19/h3,5-6,19H,1,4H2,2H3. The van der Waals surface area contributed by atoms with E-state index in [-0.39, 0.29) is 28.7 Å². The predicted molar refractivity (Wildman–Crippen MR) is 67.8 cm³/mol. The molecule has 0 saturated carbocycles. The molecule has 0 radical (unpaired) electrons. The van der Waals surface area contributed by atoms with Gasteiger partial charge in [0.1, 0.15) is 11.3 Å². The van der Waals surface area contributed by atoms with E-state index in [9.17, 15) is 23.1 Å².